The van der Waals surface area contributed by atoms with E-state index in [4.69, 9.17) is 5.26 Å². The quantitative estimate of drug-likeness (QED) is 0.626. The first-order valence-corrected chi connectivity index (χ1v) is 3.49. The third kappa shape index (κ3) is 1.55. The van der Waals surface area contributed by atoms with E-state index in [2.05, 4.69) is 16.4 Å². The monoisotopic (exact) mass is 150 g/mol. The second kappa shape index (κ2) is 3.15. The maximum Gasteiger partial charge on any atom is 0.0825 e. The van der Waals surface area contributed by atoms with Crippen molar-refractivity contribution >= 4 is 0 Å². The first-order chi connectivity index (χ1) is 5.25. The third-order valence-electron chi connectivity index (χ3n) is 1.65. The van der Waals surface area contributed by atoms with Crippen molar-refractivity contribution in [3.8, 4) is 6.07 Å². The minimum atomic E-state index is 0.490. The van der Waals surface area contributed by atoms with E-state index in [1.807, 2.05) is 13.8 Å². The fourth-order valence-corrected chi connectivity index (χ4v) is 0.816. The van der Waals surface area contributed by atoms with Crippen LogP contribution in [0.2, 0.25) is 0 Å². The van der Waals surface area contributed by atoms with Crippen LogP contribution >= 0.6 is 0 Å². The lowest BCUT2D eigenvalue weighted by Crippen LogP contribution is -2.01. The number of aryl methyl sites for hydroxylation is 2. The van der Waals surface area contributed by atoms with Crippen LogP contribution in [0, 0.1) is 25.2 Å². The molecule has 11 heavy (non-hydrogen) atoms. The molecule has 1 aromatic heterocycles. The number of hydrogen-bond donors (Lipinski definition) is 0. The van der Waals surface area contributed by atoms with Gasteiger partial charge in [0, 0.05) is 0 Å². The molecule has 0 saturated carbocycles. The number of rotatable bonds is 2. The summed E-state index contributed by atoms with van der Waals surface area (Å²) in [6, 6.07) is 2.06. The van der Waals surface area contributed by atoms with E-state index in [0.29, 0.717) is 13.0 Å². The molecule has 0 fully saturated rings. The fraction of sp³-hybridized carbons (Fsp3) is 0.571. The number of nitriles is 1. The summed E-state index contributed by atoms with van der Waals surface area (Å²) >= 11 is 0. The summed E-state index contributed by atoms with van der Waals surface area (Å²) in [7, 11) is 0. The zero-order valence-electron chi connectivity index (χ0n) is 6.70. The highest BCUT2D eigenvalue weighted by Gasteiger charge is 2.01. The molecule has 58 valence electrons. The summed E-state index contributed by atoms with van der Waals surface area (Å²) in [6.07, 6.45) is 0.490. The van der Waals surface area contributed by atoms with Crippen LogP contribution in [-0.2, 0) is 6.54 Å². The second-order valence-electron chi connectivity index (χ2n) is 2.39. The number of hydrogen-bond acceptors (Lipinski definition) is 3. The van der Waals surface area contributed by atoms with E-state index in [1.54, 1.807) is 4.68 Å². The molecule has 0 bridgehead atoms. The first-order valence-electron chi connectivity index (χ1n) is 3.49. The molecule has 0 atom stereocenters. The average Bonchev–Trinajstić information content (AvgIpc) is 2.31. The fourth-order valence-electron chi connectivity index (χ4n) is 0.816. The first kappa shape index (κ1) is 7.73. The Morgan fingerprint density at radius 2 is 2.27 bits per heavy atom. The summed E-state index contributed by atoms with van der Waals surface area (Å²) in [4.78, 5) is 0. The molecule has 0 N–H and O–H groups in total. The molecule has 0 saturated heterocycles. The molecule has 1 heterocycles. The van der Waals surface area contributed by atoms with Gasteiger partial charge in [0.15, 0.2) is 0 Å². The summed E-state index contributed by atoms with van der Waals surface area (Å²) in [6.45, 7) is 4.50. The molecule has 0 spiro atoms. The Bertz CT molecular complexity index is 281. The summed E-state index contributed by atoms with van der Waals surface area (Å²) in [5, 5.41) is 16.1. The highest BCUT2D eigenvalue weighted by molar-refractivity contribution is 5.04. The summed E-state index contributed by atoms with van der Waals surface area (Å²) in [5.41, 5.74) is 1.98. The van der Waals surface area contributed by atoms with Gasteiger partial charge in [-0.15, -0.1) is 5.10 Å². The SMILES string of the molecule is Cc1nnn(CCC#N)c1C. The largest absolute Gasteiger partial charge is 0.248 e. The molecule has 0 radical (unpaired) electrons. The van der Waals surface area contributed by atoms with Crippen LogP contribution < -0.4 is 0 Å². The predicted octanol–water partition coefficient (Wildman–Crippen LogP) is 0.809. The smallest absolute Gasteiger partial charge is 0.0825 e. The average molecular weight is 150 g/mol. The van der Waals surface area contributed by atoms with Gasteiger partial charge in [0.1, 0.15) is 0 Å². The lowest BCUT2D eigenvalue weighted by Gasteiger charge is -1.96. The molecule has 0 aliphatic rings. The van der Waals surface area contributed by atoms with Crippen LogP contribution in [0.25, 0.3) is 0 Å². The molecule has 0 aliphatic carbocycles. The van der Waals surface area contributed by atoms with E-state index in [0.717, 1.165) is 11.4 Å². The van der Waals surface area contributed by atoms with Crippen molar-refractivity contribution < 1.29 is 0 Å². The molecule has 0 aliphatic heterocycles. The van der Waals surface area contributed by atoms with Crippen molar-refractivity contribution in [3.05, 3.63) is 11.4 Å². The Hall–Kier alpha value is -1.37. The van der Waals surface area contributed by atoms with Crippen LogP contribution in [0.1, 0.15) is 17.8 Å². The normalized spacial score (nSPS) is 9.55. The summed E-state index contributed by atoms with van der Waals surface area (Å²) in [5.74, 6) is 0. The Kier molecular flexibility index (Phi) is 2.21. The Morgan fingerprint density at radius 3 is 2.73 bits per heavy atom. The summed E-state index contributed by atoms with van der Waals surface area (Å²) < 4.78 is 1.75. The molecular weight excluding hydrogens is 140 g/mol. The Morgan fingerprint density at radius 1 is 1.55 bits per heavy atom. The van der Waals surface area contributed by atoms with Crippen molar-refractivity contribution in [2.45, 2.75) is 26.8 Å². The minimum Gasteiger partial charge on any atom is -0.248 e. The van der Waals surface area contributed by atoms with E-state index in [-0.39, 0.29) is 0 Å². The zero-order valence-corrected chi connectivity index (χ0v) is 6.70. The van der Waals surface area contributed by atoms with Gasteiger partial charge in [0.2, 0.25) is 0 Å². The second-order valence-corrected chi connectivity index (χ2v) is 2.39. The topological polar surface area (TPSA) is 54.5 Å². The van der Waals surface area contributed by atoms with Crippen molar-refractivity contribution in [2.24, 2.45) is 0 Å². The van der Waals surface area contributed by atoms with Gasteiger partial charge in [-0.05, 0) is 13.8 Å². The highest BCUT2D eigenvalue weighted by atomic mass is 15.4. The molecule has 0 amide bonds. The van der Waals surface area contributed by atoms with Crippen molar-refractivity contribution in [3.63, 3.8) is 0 Å². The zero-order chi connectivity index (χ0) is 8.27. The molecule has 4 heteroatoms. The van der Waals surface area contributed by atoms with Gasteiger partial charge < -0.3 is 0 Å². The number of aromatic nitrogens is 3. The van der Waals surface area contributed by atoms with Crippen molar-refractivity contribution in [1.29, 1.82) is 5.26 Å². The van der Waals surface area contributed by atoms with Crippen LogP contribution in [0.4, 0.5) is 0 Å². The van der Waals surface area contributed by atoms with Gasteiger partial charge in [-0.3, -0.25) is 0 Å². The van der Waals surface area contributed by atoms with Gasteiger partial charge in [0.05, 0.1) is 30.4 Å². The lowest BCUT2D eigenvalue weighted by atomic mass is 10.3. The van der Waals surface area contributed by atoms with E-state index in [9.17, 15) is 0 Å². The van der Waals surface area contributed by atoms with Crippen LogP contribution in [0.5, 0.6) is 0 Å². The minimum absolute atomic E-state index is 0.490. The maximum atomic E-state index is 8.31. The molecule has 4 nitrogen and oxygen atoms in total. The van der Waals surface area contributed by atoms with Crippen LogP contribution in [-0.4, -0.2) is 15.0 Å². The van der Waals surface area contributed by atoms with Gasteiger partial charge >= 0.3 is 0 Å². The van der Waals surface area contributed by atoms with Gasteiger partial charge in [-0.2, -0.15) is 5.26 Å². The third-order valence-corrected chi connectivity index (χ3v) is 1.65. The van der Waals surface area contributed by atoms with Crippen molar-refractivity contribution in [1.82, 2.24) is 15.0 Å². The maximum absolute atomic E-state index is 8.31. The standard InChI is InChI=1S/C7H10N4/c1-6-7(2)11(10-9-6)5-3-4-8/h3,5H2,1-2H3. The van der Waals surface area contributed by atoms with Crippen LogP contribution in [0.15, 0.2) is 0 Å². The highest BCUT2D eigenvalue weighted by Crippen LogP contribution is 2.01. The molecular formula is C7H10N4. The van der Waals surface area contributed by atoms with E-state index >= 15 is 0 Å². The van der Waals surface area contributed by atoms with E-state index < -0.39 is 0 Å². The molecule has 1 aromatic rings. The molecule has 1 rings (SSSR count). The Labute approximate surface area is 65.4 Å². The number of nitrogens with zero attached hydrogens (tertiary/aromatic N) is 4. The molecule has 0 unspecified atom stereocenters. The lowest BCUT2D eigenvalue weighted by molar-refractivity contribution is 0.586. The van der Waals surface area contributed by atoms with Gasteiger partial charge in [0.25, 0.3) is 0 Å². The molecule has 0 aromatic carbocycles. The Balaban J connectivity index is 2.72. The van der Waals surface area contributed by atoms with Gasteiger partial charge in [-0.1, -0.05) is 5.21 Å². The van der Waals surface area contributed by atoms with Gasteiger partial charge in [-0.25, -0.2) is 4.68 Å². The van der Waals surface area contributed by atoms with E-state index in [1.165, 1.54) is 0 Å². The van der Waals surface area contributed by atoms with Crippen LogP contribution in [0.3, 0.4) is 0 Å². The van der Waals surface area contributed by atoms with Crippen molar-refractivity contribution in [2.75, 3.05) is 0 Å². The predicted molar refractivity (Wildman–Crippen MR) is 39.7 cm³/mol.